The summed E-state index contributed by atoms with van der Waals surface area (Å²) < 4.78 is 2.77. The van der Waals surface area contributed by atoms with E-state index in [0.717, 1.165) is 23.7 Å². The van der Waals surface area contributed by atoms with Gasteiger partial charge in [0.2, 0.25) is 0 Å². The van der Waals surface area contributed by atoms with Crippen molar-refractivity contribution >= 4 is 21.8 Å². The van der Waals surface area contributed by atoms with Gasteiger partial charge in [-0.25, -0.2) is 0 Å². The Morgan fingerprint density at radius 3 is 2.80 bits per heavy atom. The van der Waals surface area contributed by atoms with Crippen LogP contribution in [-0.2, 0) is 19.9 Å². The van der Waals surface area contributed by atoms with E-state index in [-0.39, 0.29) is 11.9 Å². The molecule has 4 heteroatoms. The van der Waals surface area contributed by atoms with Crippen molar-refractivity contribution in [2.24, 2.45) is 7.05 Å². The lowest BCUT2D eigenvalue weighted by molar-refractivity contribution is 0.0925. The summed E-state index contributed by atoms with van der Waals surface area (Å²) in [5.74, 6) is 0.00239. The molecule has 0 aliphatic heterocycles. The molecule has 1 amide bonds. The number of carbonyl (C=O) groups excluding carboxylic acids is 1. The third-order valence-electron chi connectivity index (χ3n) is 3.89. The molecular weight excluding hydrogens is 316 g/mol. The van der Waals surface area contributed by atoms with E-state index < -0.39 is 0 Å². The Balaban J connectivity index is 1.71. The number of halogens is 1. The van der Waals surface area contributed by atoms with Crippen LogP contribution in [0.25, 0.3) is 0 Å². The van der Waals surface area contributed by atoms with Crippen molar-refractivity contribution in [3.05, 3.63) is 57.8 Å². The van der Waals surface area contributed by atoms with E-state index in [1.54, 1.807) is 0 Å². The third-order valence-corrected chi connectivity index (χ3v) is 4.32. The Morgan fingerprint density at radius 2 is 2.10 bits per heavy atom. The zero-order valence-electron chi connectivity index (χ0n) is 11.4. The summed E-state index contributed by atoms with van der Waals surface area (Å²) in [6.45, 7) is 0. The average Bonchev–Trinajstić information content (AvgIpc) is 2.78. The molecule has 20 heavy (non-hydrogen) atoms. The second kappa shape index (κ2) is 5.44. The number of nitrogens with one attached hydrogen (secondary N) is 1. The Hall–Kier alpha value is -1.55. The summed E-state index contributed by atoms with van der Waals surface area (Å²) in [4.78, 5) is 12.3. The monoisotopic (exact) mass is 332 g/mol. The molecule has 0 saturated heterocycles. The predicted molar refractivity (Wildman–Crippen MR) is 82.8 cm³/mol. The molecule has 3 nitrogen and oxygen atoms in total. The van der Waals surface area contributed by atoms with Crippen molar-refractivity contribution in [2.45, 2.75) is 25.3 Å². The second-order valence-electron chi connectivity index (χ2n) is 5.34. The first-order valence-electron chi connectivity index (χ1n) is 6.83. The quantitative estimate of drug-likeness (QED) is 0.900. The molecule has 1 heterocycles. The molecule has 3 rings (SSSR count). The van der Waals surface area contributed by atoms with Crippen LogP contribution in [0.1, 0.15) is 28.0 Å². The fraction of sp³-hybridized carbons (Fsp3) is 0.312. The zero-order valence-corrected chi connectivity index (χ0v) is 13.0. The van der Waals surface area contributed by atoms with Crippen LogP contribution < -0.4 is 5.32 Å². The minimum Gasteiger partial charge on any atom is -0.348 e. The Morgan fingerprint density at radius 1 is 1.35 bits per heavy atom. The molecule has 104 valence electrons. The van der Waals surface area contributed by atoms with Crippen molar-refractivity contribution < 1.29 is 4.79 Å². The van der Waals surface area contributed by atoms with E-state index in [0.29, 0.717) is 5.69 Å². The van der Waals surface area contributed by atoms with E-state index in [1.165, 1.54) is 11.1 Å². The van der Waals surface area contributed by atoms with Crippen molar-refractivity contribution in [1.29, 1.82) is 0 Å². The summed E-state index contributed by atoms with van der Waals surface area (Å²) in [5, 5.41) is 3.15. The van der Waals surface area contributed by atoms with Crippen LogP contribution in [0.3, 0.4) is 0 Å². The van der Waals surface area contributed by atoms with Gasteiger partial charge >= 0.3 is 0 Å². The summed E-state index contributed by atoms with van der Waals surface area (Å²) in [6.07, 6.45) is 4.87. The molecule has 0 spiro atoms. The van der Waals surface area contributed by atoms with Crippen molar-refractivity contribution in [3.8, 4) is 0 Å². The van der Waals surface area contributed by atoms with Crippen LogP contribution in [0.15, 0.2) is 41.0 Å². The third kappa shape index (κ3) is 2.66. The first-order valence-corrected chi connectivity index (χ1v) is 7.62. The molecule has 1 N–H and O–H groups in total. The van der Waals surface area contributed by atoms with E-state index in [4.69, 9.17) is 0 Å². The van der Waals surface area contributed by atoms with Gasteiger partial charge in [-0.3, -0.25) is 4.79 Å². The SMILES string of the molecule is Cn1cc(Br)cc1C(=O)NC1CCc2ccccc2C1. The highest BCUT2D eigenvalue weighted by Crippen LogP contribution is 2.21. The number of aryl methyl sites for hydroxylation is 2. The number of amides is 1. The van der Waals surface area contributed by atoms with Gasteiger partial charge in [-0.15, -0.1) is 0 Å². The highest BCUT2D eigenvalue weighted by molar-refractivity contribution is 9.10. The van der Waals surface area contributed by atoms with Crippen molar-refractivity contribution in [3.63, 3.8) is 0 Å². The van der Waals surface area contributed by atoms with E-state index in [9.17, 15) is 4.79 Å². The van der Waals surface area contributed by atoms with Gasteiger partial charge < -0.3 is 9.88 Å². The molecule has 1 unspecified atom stereocenters. The molecule has 1 aliphatic carbocycles. The van der Waals surface area contributed by atoms with Gasteiger partial charge in [-0.1, -0.05) is 24.3 Å². The van der Waals surface area contributed by atoms with E-state index in [2.05, 4.69) is 45.5 Å². The van der Waals surface area contributed by atoms with Gasteiger partial charge in [0, 0.05) is 23.8 Å². The number of aromatic nitrogens is 1. The fourth-order valence-corrected chi connectivity index (χ4v) is 3.35. The second-order valence-corrected chi connectivity index (χ2v) is 6.25. The molecule has 0 bridgehead atoms. The first kappa shape index (κ1) is 13.4. The molecule has 1 aromatic heterocycles. The smallest absolute Gasteiger partial charge is 0.268 e. The van der Waals surface area contributed by atoms with Crippen LogP contribution in [0.5, 0.6) is 0 Å². The molecule has 0 radical (unpaired) electrons. The topological polar surface area (TPSA) is 34.0 Å². The number of rotatable bonds is 2. The molecule has 0 saturated carbocycles. The predicted octanol–water partition coefficient (Wildman–Crippen LogP) is 3.07. The largest absolute Gasteiger partial charge is 0.348 e. The lowest BCUT2D eigenvalue weighted by Gasteiger charge is -2.25. The van der Waals surface area contributed by atoms with Crippen molar-refractivity contribution in [1.82, 2.24) is 9.88 Å². The molecular formula is C16H17BrN2O. The summed E-state index contributed by atoms with van der Waals surface area (Å²) in [5.41, 5.74) is 3.47. The maximum atomic E-state index is 12.3. The number of hydrogen-bond acceptors (Lipinski definition) is 1. The first-order chi connectivity index (χ1) is 9.63. The van der Waals surface area contributed by atoms with Gasteiger partial charge in [0.05, 0.1) is 0 Å². The van der Waals surface area contributed by atoms with Crippen LogP contribution in [0.2, 0.25) is 0 Å². The fourth-order valence-electron chi connectivity index (χ4n) is 2.83. The van der Waals surface area contributed by atoms with Crippen LogP contribution >= 0.6 is 15.9 Å². The normalized spacial score (nSPS) is 17.6. The summed E-state index contributed by atoms with van der Waals surface area (Å²) >= 11 is 3.40. The van der Waals surface area contributed by atoms with Crippen LogP contribution in [0.4, 0.5) is 0 Å². The highest BCUT2D eigenvalue weighted by Gasteiger charge is 2.21. The Kier molecular flexibility index (Phi) is 3.66. The van der Waals surface area contributed by atoms with Gasteiger partial charge in [0.25, 0.3) is 5.91 Å². The lowest BCUT2D eigenvalue weighted by Crippen LogP contribution is -2.39. The Bertz CT molecular complexity index is 648. The van der Waals surface area contributed by atoms with Crippen LogP contribution in [-0.4, -0.2) is 16.5 Å². The lowest BCUT2D eigenvalue weighted by atomic mass is 9.88. The van der Waals surface area contributed by atoms with Gasteiger partial charge in [-0.05, 0) is 52.4 Å². The van der Waals surface area contributed by atoms with E-state index in [1.807, 2.05) is 23.9 Å². The average molecular weight is 333 g/mol. The standard InChI is InChI=1S/C16H17BrN2O/c1-19-10-13(17)9-15(19)16(20)18-14-7-6-11-4-2-3-5-12(11)8-14/h2-5,9-10,14H,6-8H2,1H3,(H,18,20). The number of carbonyl (C=O) groups is 1. The zero-order chi connectivity index (χ0) is 14.1. The molecule has 0 fully saturated rings. The molecule has 1 atom stereocenters. The van der Waals surface area contributed by atoms with Gasteiger partial charge in [0.1, 0.15) is 5.69 Å². The number of benzene rings is 1. The van der Waals surface area contributed by atoms with E-state index >= 15 is 0 Å². The van der Waals surface area contributed by atoms with Gasteiger partial charge in [-0.2, -0.15) is 0 Å². The highest BCUT2D eigenvalue weighted by atomic mass is 79.9. The van der Waals surface area contributed by atoms with Crippen LogP contribution in [0, 0.1) is 0 Å². The molecule has 1 aliphatic rings. The number of hydrogen-bond donors (Lipinski definition) is 1. The molecule has 2 aromatic rings. The maximum Gasteiger partial charge on any atom is 0.268 e. The summed E-state index contributed by atoms with van der Waals surface area (Å²) in [7, 11) is 1.88. The minimum absolute atomic E-state index is 0.00239. The Labute approximate surface area is 127 Å². The van der Waals surface area contributed by atoms with Gasteiger partial charge in [0.15, 0.2) is 0 Å². The summed E-state index contributed by atoms with van der Waals surface area (Å²) in [6, 6.07) is 10.6. The minimum atomic E-state index is 0.00239. The molecule has 1 aromatic carbocycles. The number of fused-ring (bicyclic) bond motifs is 1. The van der Waals surface area contributed by atoms with Crippen molar-refractivity contribution in [2.75, 3.05) is 0 Å². The number of nitrogens with zero attached hydrogens (tertiary/aromatic N) is 1. The maximum absolute atomic E-state index is 12.3.